The third-order valence-electron chi connectivity index (χ3n) is 4.56. The Kier molecular flexibility index (Phi) is 5.60. The van der Waals surface area contributed by atoms with Crippen molar-refractivity contribution in [2.75, 3.05) is 13.1 Å². The first-order valence-electron chi connectivity index (χ1n) is 8.67. The van der Waals surface area contributed by atoms with Crippen LogP contribution in [0.1, 0.15) is 41.7 Å². The molecule has 1 saturated heterocycles. The van der Waals surface area contributed by atoms with Gasteiger partial charge >= 0.3 is 5.97 Å². The second kappa shape index (κ2) is 8.07. The number of benzene rings is 1. The molecule has 0 spiro atoms. The van der Waals surface area contributed by atoms with Crippen molar-refractivity contribution in [3.8, 4) is 0 Å². The molecule has 1 aromatic carbocycles. The van der Waals surface area contributed by atoms with Gasteiger partial charge in [0.2, 0.25) is 0 Å². The van der Waals surface area contributed by atoms with Gasteiger partial charge in [-0.3, -0.25) is 9.59 Å². The van der Waals surface area contributed by atoms with Gasteiger partial charge in [-0.25, -0.2) is 9.07 Å². The minimum atomic E-state index is -0.811. The topological polar surface area (TPSA) is 88.3 Å². The zero-order valence-electron chi connectivity index (χ0n) is 14.3. The fraction of sp³-hybridized carbons (Fsp3) is 0.444. The number of rotatable bonds is 6. The summed E-state index contributed by atoms with van der Waals surface area (Å²) in [7, 11) is 0. The smallest absolute Gasteiger partial charge is 0.303 e. The van der Waals surface area contributed by atoms with E-state index >= 15 is 0 Å². The summed E-state index contributed by atoms with van der Waals surface area (Å²) < 4.78 is 14.8. The average Bonchev–Trinajstić information content (AvgIpc) is 3.08. The molecule has 1 aromatic heterocycles. The van der Waals surface area contributed by atoms with Crippen LogP contribution < -0.4 is 0 Å². The number of halogens is 1. The molecule has 0 radical (unpaired) electrons. The lowest BCUT2D eigenvalue weighted by atomic mass is 9.93. The number of piperidine rings is 1. The summed E-state index contributed by atoms with van der Waals surface area (Å²) in [4.78, 5) is 25.1. The van der Waals surface area contributed by atoms with E-state index < -0.39 is 5.97 Å². The molecule has 138 valence electrons. The Hall–Kier alpha value is -2.77. The molecular formula is C18H21FN4O3. The number of aromatic nitrogens is 3. The minimum Gasteiger partial charge on any atom is -0.481 e. The average molecular weight is 360 g/mol. The number of carboxylic acids is 1. The zero-order chi connectivity index (χ0) is 18.5. The van der Waals surface area contributed by atoms with Gasteiger partial charge in [0.05, 0.1) is 12.7 Å². The SMILES string of the molecule is O=C(O)CC[C@H]1CCCN(C(=O)c2cn(Cc3cccc(F)c3)nn2)C1. The van der Waals surface area contributed by atoms with Crippen LogP contribution in [-0.4, -0.2) is 50.0 Å². The van der Waals surface area contributed by atoms with Crippen LogP contribution in [-0.2, 0) is 11.3 Å². The summed E-state index contributed by atoms with van der Waals surface area (Å²) in [5.41, 5.74) is 0.987. The zero-order valence-corrected chi connectivity index (χ0v) is 14.3. The maximum atomic E-state index is 13.3. The maximum Gasteiger partial charge on any atom is 0.303 e. The normalized spacial score (nSPS) is 17.3. The highest BCUT2D eigenvalue weighted by atomic mass is 19.1. The van der Waals surface area contributed by atoms with Crippen LogP contribution in [0.3, 0.4) is 0 Å². The Morgan fingerprint density at radius 3 is 2.96 bits per heavy atom. The van der Waals surface area contributed by atoms with Crippen molar-refractivity contribution in [1.29, 1.82) is 0 Å². The number of nitrogens with zero attached hydrogens (tertiary/aromatic N) is 4. The Balaban J connectivity index is 1.61. The van der Waals surface area contributed by atoms with Crippen LogP contribution in [0.25, 0.3) is 0 Å². The third kappa shape index (κ3) is 4.65. The predicted octanol–water partition coefficient (Wildman–Crippen LogP) is 2.18. The van der Waals surface area contributed by atoms with E-state index in [4.69, 9.17) is 5.11 Å². The predicted molar refractivity (Wildman–Crippen MR) is 91.0 cm³/mol. The van der Waals surface area contributed by atoms with Crippen molar-refractivity contribution in [1.82, 2.24) is 19.9 Å². The fourth-order valence-corrected chi connectivity index (χ4v) is 3.27. The molecule has 0 unspecified atom stereocenters. The summed E-state index contributed by atoms with van der Waals surface area (Å²) in [5.74, 6) is -1.13. The molecule has 1 atom stereocenters. The molecule has 1 aliphatic rings. The van der Waals surface area contributed by atoms with Gasteiger partial charge in [0.15, 0.2) is 5.69 Å². The van der Waals surface area contributed by atoms with Crippen LogP contribution in [0.4, 0.5) is 4.39 Å². The summed E-state index contributed by atoms with van der Waals surface area (Å²) in [5, 5.41) is 16.7. The number of hydrogen-bond donors (Lipinski definition) is 1. The molecule has 1 aliphatic heterocycles. The first-order valence-corrected chi connectivity index (χ1v) is 8.67. The van der Waals surface area contributed by atoms with E-state index in [0.29, 0.717) is 26.1 Å². The molecule has 2 aromatic rings. The van der Waals surface area contributed by atoms with Crippen molar-refractivity contribution >= 4 is 11.9 Å². The van der Waals surface area contributed by atoms with Gasteiger partial charge in [-0.15, -0.1) is 5.10 Å². The molecule has 1 fully saturated rings. The Bertz CT molecular complexity index is 792. The molecule has 8 heteroatoms. The first-order chi connectivity index (χ1) is 12.5. The molecule has 1 N–H and O–H groups in total. The van der Waals surface area contributed by atoms with Crippen molar-refractivity contribution in [2.45, 2.75) is 32.2 Å². The highest BCUT2D eigenvalue weighted by molar-refractivity contribution is 5.92. The van der Waals surface area contributed by atoms with E-state index in [1.807, 2.05) is 0 Å². The van der Waals surface area contributed by atoms with E-state index in [1.165, 1.54) is 16.8 Å². The van der Waals surface area contributed by atoms with Gasteiger partial charge in [0.25, 0.3) is 5.91 Å². The van der Waals surface area contributed by atoms with Crippen LogP contribution in [0.15, 0.2) is 30.5 Å². The molecule has 1 amide bonds. The Morgan fingerprint density at radius 2 is 2.19 bits per heavy atom. The third-order valence-corrected chi connectivity index (χ3v) is 4.56. The van der Waals surface area contributed by atoms with Crippen LogP contribution in [0, 0.1) is 11.7 Å². The lowest BCUT2D eigenvalue weighted by Crippen LogP contribution is -2.40. The summed E-state index contributed by atoms with van der Waals surface area (Å²) in [6, 6.07) is 6.19. The van der Waals surface area contributed by atoms with Gasteiger partial charge in [-0.2, -0.15) is 0 Å². The molecule has 2 heterocycles. The van der Waals surface area contributed by atoms with Crippen LogP contribution >= 0.6 is 0 Å². The van der Waals surface area contributed by atoms with E-state index in [9.17, 15) is 14.0 Å². The van der Waals surface area contributed by atoms with Crippen molar-refractivity contribution in [3.63, 3.8) is 0 Å². The summed E-state index contributed by atoms with van der Waals surface area (Å²) in [6.07, 6.45) is 4.05. The van der Waals surface area contributed by atoms with E-state index in [1.54, 1.807) is 23.2 Å². The number of carbonyl (C=O) groups excluding carboxylic acids is 1. The maximum absolute atomic E-state index is 13.3. The summed E-state index contributed by atoms with van der Waals surface area (Å²) in [6.45, 7) is 1.52. The highest BCUT2D eigenvalue weighted by Crippen LogP contribution is 2.22. The van der Waals surface area contributed by atoms with Gasteiger partial charge in [-0.1, -0.05) is 17.3 Å². The quantitative estimate of drug-likeness (QED) is 0.853. The molecule has 7 nitrogen and oxygen atoms in total. The number of carbonyl (C=O) groups is 2. The molecule has 0 aliphatic carbocycles. The summed E-state index contributed by atoms with van der Waals surface area (Å²) >= 11 is 0. The van der Waals surface area contributed by atoms with Crippen molar-refractivity contribution in [3.05, 3.63) is 47.5 Å². The Labute approximate surface area is 150 Å². The number of likely N-dealkylation sites (tertiary alicyclic amines) is 1. The monoisotopic (exact) mass is 360 g/mol. The van der Waals surface area contributed by atoms with E-state index in [-0.39, 0.29) is 29.8 Å². The molecule has 0 saturated carbocycles. The van der Waals surface area contributed by atoms with Gasteiger partial charge in [0.1, 0.15) is 5.82 Å². The lowest BCUT2D eigenvalue weighted by molar-refractivity contribution is -0.137. The van der Waals surface area contributed by atoms with Crippen molar-refractivity contribution < 1.29 is 19.1 Å². The number of aliphatic carboxylic acids is 1. The van der Waals surface area contributed by atoms with Gasteiger partial charge in [0, 0.05) is 19.5 Å². The number of amides is 1. The van der Waals surface area contributed by atoms with Gasteiger partial charge < -0.3 is 10.0 Å². The standard InChI is InChI=1S/C18H21FN4O3/c19-15-5-1-3-14(9-15)11-23-12-16(20-21-23)18(26)22-8-2-4-13(10-22)6-7-17(24)25/h1,3,5,9,12-13H,2,4,6-8,10-11H2,(H,24,25)/t13-/m1/s1. The molecule has 26 heavy (non-hydrogen) atoms. The molecule has 0 bridgehead atoms. The lowest BCUT2D eigenvalue weighted by Gasteiger charge is -2.32. The van der Waals surface area contributed by atoms with Gasteiger partial charge in [-0.05, 0) is 42.9 Å². The number of hydrogen-bond acceptors (Lipinski definition) is 4. The molecule has 3 rings (SSSR count). The van der Waals surface area contributed by atoms with E-state index in [0.717, 1.165) is 18.4 Å². The van der Waals surface area contributed by atoms with Crippen LogP contribution in [0.2, 0.25) is 0 Å². The first kappa shape index (κ1) is 18.0. The fourth-order valence-electron chi connectivity index (χ4n) is 3.27. The second-order valence-electron chi connectivity index (χ2n) is 6.62. The van der Waals surface area contributed by atoms with Crippen LogP contribution in [0.5, 0.6) is 0 Å². The van der Waals surface area contributed by atoms with E-state index in [2.05, 4.69) is 10.3 Å². The Morgan fingerprint density at radius 1 is 1.35 bits per heavy atom. The highest BCUT2D eigenvalue weighted by Gasteiger charge is 2.26. The minimum absolute atomic E-state index is 0.122. The largest absolute Gasteiger partial charge is 0.481 e. The molecular weight excluding hydrogens is 339 g/mol. The van der Waals surface area contributed by atoms with Crippen molar-refractivity contribution in [2.24, 2.45) is 5.92 Å². The number of carboxylic acid groups (broad SMARTS) is 1. The second-order valence-corrected chi connectivity index (χ2v) is 6.62.